The van der Waals surface area contributed by atoms with E-state index in [4.69, 9.17) is 9.47 Å². The van der Waals surface area contributed by atoms with Crippen LogP contribution >= 0.6 is 0 Å². The van der Waals surface area contributed by atoms with E-state index >= 15 is 0 Å². The smallest absolute Gasteiger partial charge is 0.129 e. The summed E-state index contributed by atoms with van der Waals surface area (Å²) < 4.78 is 11.1. The first-order valence-corrected chi connectivity index (χ1v) is 8.57. The highest BCUT2D eigenvalue weighted by atomic mass is 16.5. The van der Waals surface area contributed by atoms with Crippen molar-refractivity contribution in [1.29, 1.82) is 0 Å². The molecule has 1 aliphatic heterocycles. The summed E-state index contributed by atoms with van der Waals surface area (Å²) >= 11 is 0. The van der Waals surface area contributed by atoms with Crippen molar-refractivity contribution >= 4 is 5.82 Å². The van der Waals surface area contributed by atoms with Crippen molar-refractivity contribution in [2.75, 3.05) is 19.0 Å². The second-order valence-corrected chi connectivity index (χ2v) is 6.64. The number of anilines is 1. The van der Waals surface area contributed by atoms with Crippen molar-refractivity contribution in [3.05, 3.63) is 54.0 Å². The van der Waals surface area contributed by atoms with Crippen molar-refractivity contribution < 1.29 is 9.47 Å². The number of nitrogens with zero attached hydrogens (tertiary/aromatic N) is 2. The first-order valence-electron chi connectivity index (χ1n) is 8.57. The van der Waals surface area contributed by atoms with Crippen LogP contribution < -0.4 is 5.32 Å². The molecule has 4 rings (SSSR count). The summed E-state index contributed by atoms with van der Waals surface area (Å²) in [5, 5.41) is 3.63. The topological polar surface area (TPSA) is 56.3 Å². The second-order valence-electron chi connectivity index (χ2n) is 6.64. The zero-order valence-corrected chi connectivity index (χ0v) is 13.9. The average Bonchev–Trinajstić information content (AvgIpc) is 3.04. The lowest BCUT2D eigenvalue weighted by Gasteiger charge is -2.48. The van der Waals surface area contributed by atoms with Crippen molar-refractivity contribution in [2.24, 2.45) is 11.8 Å². The molecule has 1 saturated carbocycles. The van der Waals surface area contributed by atoms with Crippen LogP contribution in [-0.2, 0) is 22.5 Å². The van der Waals surface area contributed by atoms with E-state index < -0.39 is 0 Å². The maximum atomic E-state index is 5.97. The van der Waals surface area contributed by atoms with Crippen LogP contribution in [-0.4, -0.2) is 35.8 Å². The highest BCUT2D eigenvalue weighted by molar-refractivity contribution is 5.38. The normalized spacial score (nSPS) is 28.2. The number of benzene rings is 1. The summed E-state index contributed by atoms with van der Waals surface area (Å²) in [6.07, 6.45) is 4.15. The van der Waals surface area contributed by atoms with Gasteiger partial charge in [-0.15, -0.1) is 0 Å². The molecule has 2 heterocycles. The van der Waals surface area contributed by atoms with E-state index in [1.165, 1.54) is 5.56 Å². The summed E-state index contributed by atoms with van der Waals surface area (Å²) in [7, 11) is 1.68. The third-order valence-electron chi connectivity index (χ3n) is 5.17. The second kappa shape index (κ2) is 6.87. The fraction of sp³-hybridized carbons (Fsp3) is 0.474. The van der Waals surface area contributed by atoms with Gasteiger partial charge in [0.2, 0.25) is 0 Å². The molecular weight excluding hydrogens is 302 g/mol. The van der Waals surface area contributed by atoms with Crippen LogP contribution in [0.25, 0.3) is 0 Å². The molecule has 1 aromatic heterocycles. The van der Waals surface area contributed by atoms with Gasteiger partial charge in [-0.3, -0.25) is 0 Å². The SMILES string of the molecule is COCc1cc(N[C@@H]2[C@@H](Cc3ccccc3)[C@H]3OCC[C@@H]23)ncn1. The van der Waals surface area contributed by atoms with Crippen molar-refractivity contribution in [3.63, 3.8) is 0 Å². The van der Waals surface area contributed by atoms with E-state index in [2.05, 4.69) is 45.6 Å². The number of ether oxygens (including phenoxy) is 2. The quantitative estimate of drug-likeness (QED) is 0.885. The Morgan fingerprint density at radius 3 is 2.96 bits per heavy atom. The number of nitrogens with one attached hydrogen (secondary N) is 1. The number of hydrogen-bond acceptors (Lipinski definition) is 5. The molecule has 2 aromatic rings. The molecule has 5 heteroatoms. The van der Waals surface area contributed by atoms with Gasteiger partial charge in [0.05, 0.1) is 18.4 Å². The summed E-state index contributed by atoms with van der Waals surface area (Å²) in [5.74, 6) is 1.95. The molecule has 0 radical (unpaired) electrons. The van der Waals surface area contributed by atoms with Crippen LogP contribution in [0, 0.1) is 11.8 Å². The summed E-state index contributed by atoms with van der Waals surface area (Å²) in [6, 6.07) is 13.0. The number of rotatable bonds is 6. The van der Waals surface area contributed by atoms with Gasteiger partial charge in [0.25, 0.3) is 0 Å². The maximum absolute atomic E-state index is 5.97. The minimum Gasteiger partial charge on any atom is -0.378 e. The lowest BCUT2D eigenvalue weighted by molar-refractivity contribution is -0.0365. The van der Waals surface area contributed by atoms with E-state index in [-0.39, 0.29) is 0 Å². The van der Waals surface area contributed by atoms with Gasteiger partial charge in [-0.25, -0.2) is 9.97 Å². The standard InChI is InChI=1S/C19H23N3O2/c1-23-11-14-10-17(21-12-20-14)22-18-15-7-8-24-19(15)16(18)9-13-5-3-2-4-6-13/h2-6,10,12,15-16,18-19H,7-9,11H2,1H3,(H,20,21,22)/t15-,16+,18-,19-/m0/s1. The van der Waals surface area contributed by atoms with Crippen molar-refractivity contribution in [3.8, 4) is 0 Å². The maximum Gasteiger partial charge on any atom is 0.129 e. The summed E-state index contributed by atoms with van der Waals surface area (Å²) in [6.45, 7) is 1.38. The minimum atomic E-state index is 0.378. The number of hydrogen-bond donors (Lipinski definition) is 1. The monoisotopic (exact) mass is 325 g/mol. The first-order chi connectivity index (χ1) is 11.8. The van der Waals surface area contributed by atoms with Gasteiger partial charge >= 0.3 is 0 Å². The molecule has 1 saturated heterocycles. The molecule has 1 aliphatic carbocycles. The summed E-state index contributed by atoms with van der Waals surface area (Å²) in [4.78, 5) is 8.61. The zero-order chi connectivity index (χ0) is 16.4. The third-order valence-corrected chi connectivity index (χ3v) is 5.17. The molecule has 2 aliphatic rings. The van der Waals surface area contributed by atoms with Gasteiger partial charge in [-0.05, 0) is 18.4 Å². The Balaban J connectivity index is 1.49. The highest BCUT2D eigenvalue weighted by Gasteiger charge is 2.53. The molecule has 2 fully saturated rings. The Hall–Kier alpha value is -1.98. The van der Waals surface area contributed by atoms with Gasteiger partial charge in [-0.1, -0.05) is 30.3 Å². The Morgan fingerprint density at radius 2 is 2.12 bits per heavy atom. The van der Waals surface area contributed by atoms with Crippen molar-refractivity contribution in [2.45, 2.75) is 31.6 Å². The molecule has 126 valence electrons. The van der Waals surface area contributed by atoms with Gasteiger partial charge in [0.15, 0.2) is 0 Å². The lowest BCUT2D eigenvalue weighted by Crippen LogP contribution is -2.58. The van der Waals surface area contributed by atoms with E-state index in [0.29, 0.717) is 30.6 Å². The van der Waals surface area contributed by atoms with E-state index in [1.807, 2.05) is 6.07 Å². The van der Waals surface area contributed by atoms with Gasteiger partial charge in [-0.2, -0.15) is 0 Å². The first kappa shape index (κ1) is 15.5. The molecule has 1 N–H and O–H groups in total. The van der Waals surface area contributed by atoms with Gasteiger partial charge < -0.3 is 14.8 Å². The molecule has 0 unspecified atom stereocenters. The van der Waals surface area contributed by atoms with Crippen LogP contribution in [0.2, 0.25) is 0 Å². The summed E-state index contributed by atoms with van der Waals surface area (Å²) in [5.41, 5.74) is 2.26. The molecule has 4 atom stereocenters. The molecule has 0 spiro atoms. The fourth-order valence-electron chi connectivity index (χ4n) is 4.05. The Bertz CT molecular complexity index is 679. The largest absolute Gasteiger partial charge is 0.378 e. The third kappa shape index (κ3) is 3.01. The van der Waals surface area contributed by atoms with E-state index in [1.54, 1.807) is 13.4 Å². The molecule has 0 amide bonds. The predicted octanol–water partition coefficient (Wildman–Crippen LogP) is 2.68. The number of aromatic nitrogens is 2. The van der Waals surface area contributed by atoms with Crippen LogP contribution in [0.5, 0.6) is 0 Å². The highest BCUT2D eigenvalue weighted by Crippen LogP contribution is 2.46. The zero-order valence-electron chi connectivity index (χ0n) is 13.9. The Morgan fingerprint density at radius 1 is 1.25 bits per heavy atom. The van der Waals surface area contributed by atoms with Crippen LogP contribution in [0.3, 0.4) is 0 Å². The minimum absolute atomic E-state index is 0.378. The number of methoxy groups -OCH3 is 1. The molecular formula is C19H23N3O2. The van der Waals surface area contributed by atoms with Crippen LogP contribution in [0.15, 0.2) is 42.7 Å². The Kier molecular flexibility index (Phi) is 4.45. The van der Waals surface area contributed by atoms with E-state index in [0.717, 1.165) is 31.0 Å². The average molecular weight is 325 g/mol. The lowest BCUT2D eigenvalue weighted by atomic mass is 9.64. The predicted molar refractivity (Wildman–Crippen MR) is 91.6 cm³/mol. The molecule has 5 nitrogen and oxygen atoms in total. The van der Waals surface area contributed by atoms with Gasteiger partial charge in [0.1, 0.15) is 12.1 Å². The molecule has 1 aromatic carbocycles. The Labute approximate surface area is 142 Å². The molecule has 24 heavy (non-hydrogen) atoms. The van der Waals surface area contributed by atoms with Crippen LogP contribution in [0.4, 0.5) is 5.82 Å². The van der Waals surface area contributed by atoms with Crippen molar-refractivity contribution in [1.82, 2.24) is 9.97 Å². The van der Waals surface area contributed by atoms with Gasteiger partial charge in [0, 0.05) is 37.7 Å². The van der Waals surface area contributed by atoms with Crippen LogP contribution in [0.1, 0.15) is 17.7 Å². The van der Waals surface area contributed by atoms with E-state index in [9.17, 15) is 0 Å². The fourth-order valence-corrected chi connectivity index (χ4v) is 4.05. The number of fused-ring (bicyclic) bond motifs is 1. The molecule has 0 bridgehead atoms.